The van der Waals surface area contributed by atoms with Gasteiger partial charge in [0.05, 0.1) is 47.0 Å². The van der Waals surface area contributed by atoms with E-state index in [1.165, 1.54) is 18.1 Å². The van der Waals surface area contributed by atoms with Crippen molar-refractivity contribution in [2.75, 3.05) is 78.1 Å². The summed E-state index contributed by atoms with van der Waals surface area (Å²) in [4.78, 5) is 26.6. The van der Waals surface area contributed by atoms with E-state index in [1.807, 2.05) is 102 Å². The Kier molecular flexibility index (Phi) is 15.5. The van der Waals surface area contributed by atoms with Crippen LogP contribution in [0.25, 0.3) is 11.2 Å². The minimum absolute atomic E-state index is 0.0449. The number of anilines is 1. The van der Waals surface area contributed by atoms with Gasteiger partial charge in [-0.05, 0) is 53.8 Å². The van der Waals surface area contributed by atoms with Crippen LogP contribution in [0.15, 0.2) is 122 Å². The SMILES string of the molecule is COCCOC1(n2cnc3c(N)ncnc32)CO[C@H](COC(c2ccccc2)(c2ccc(OC)cc2)c2ccc(OC)cc2)C1OP(SCCSC(=O)c1ccccc1)N1CCCC1. The molecule has 2 aromatic heterocycles. The van der Waals surface area contributed by atoms with Gasteiger partial charge < -0.3 is 38.7 Å². The van der Waals surface area contributed by atoms with E-state index in [9.17, 15) is 4.79 Å². The molecule has 17 heteroatoms. The number of hydrogen-bond donors (Lipinski definition) is 1. The number of imidazole rings is 1. The number of nitrogens with zero attached hydrogens (tertiary/aromatic N) is 5. The zero-order valence-corrected chi connectivity index (χ0v) is 38.6. The molecule has 2 N–H and O–H groups in total. The lowest BCUT2D eigenvalue weighted by atomic mass is 9.80. The second kappa shape index (κ2) is 21.6. The summed E-state index contributed by atoms with van der Waals surface area (Å²) < 4.78 is 49.9. The molecule has 8 rings (SSSR count). The molecule has 14 nitrogen and oxygen atoms in total. The Labute approximate surface area is 383 Å². The molecule has 0 spiro atoms. The normalized spacial score (nSPS) is 19.5. The van der Waals surface area contributed by atoms with Crippen molar-refractivity contribution < 1.29 is 37.7 Å². The molecular formula is C47H53N6O8PS2. The minimum Gasteiger partial charge on any atom is -0.497 e. The van der Waals surface area contributed by atoms with E-state index >= 15 is 0 Å². The minimum atomic E-state index is -1.31. The summed E-state index contributed by atoms with van der Waals surface area (Å²) in [5, 5.41) is 0.0449. The highest BCUT2D eigenvalue weighted by molar-refractivity contribution is 8.53. The average molecular weight is 925 g/mol. The Balaban J connectivity index is 1.20. The molecule has 2 fully saturated rings. The van der Waals surface area contributed by atoms with Crippen LogP contribution in [0.4, 0.5) is 5.82 Å². The maximum atomic E-state index is 13.1. The van der Waals surface area contributed by atoms with Crippen molar-refractivity contribution >= 4 is 52.7 Å². The smallest absolute Gasteiger partial charge is 0.219 e. The number of carbonyl (C=O) groups excluding carboxylic acids is 1. The lowest BCUT2D eigenvalue weighted by molar-refractivity contribution is -0.157. The third-order valence-electron chi connectivity index (χ3n) is 11.4. The Morgan fingerprint density at radius 3 is 2.11 bits per heavy atom. The number of fused-ring (bicyclic) bond motifs is 1. The molecule has 0 bridgehead atoms. The molecule has 3 unspecified atom stereocenters. The molecule has 2 saturated heterocycles. The van der Waals surface area contributed by atoms with Gasteiger partial charge in [0.1, 0.15) is 41.2 Å². The third-order valence-corrected chi connectivity index (χ3v) is 16.6. The Morgan fingerprint density at radius 1 is 0.828 bits per heavy atom. The lowest BCUT2D eigenvalue weighted by Crippen LogP contribution is -2.51. The number of nitrogens with two attached hydrogens (primary N) is 1. The van der Waals surface area contributed by atoms with Gasteiger partial charge in [0.25, 0.3) is 0 Å². The summed E-state index contributed by atoms with van der Waals surface area (Å²) in [5.41, 5.74) is 8.22. The zero-order chi connectivity index (χ0) is 44.4. The Morgan fingerprint density at radius 2 is 1.47 bits per heavy atom. The fourth-order valence-electron chi connectivity index (χ4n) is 8.13. The van der Waals surface area contributed by atoms with E-state index in [4.69, 9.17) is 38.7 Å². The molecule has 336 valence electrons. The number of thioether (sulfide) groups is 1. The molecule has 4 aromatic carbocycles. The van der Waals surface area contributed by atoms with Crippen molar-refractivity contribution in [1.29, 1.82) is 0 Å². The summed E-state index contributed by atoms with van der Waals surface area (Å²) >= 11 is 3.04. The number of methoxy groups -OCH3 is 3. The number of rotatable bonds is 21. The summed E-state index contributed by atoms with van der Waals surface area (Å²) in [6, 6.07) is 35.4. The molecule has 0 saturated carbocycles. The molecule has 2 aliphatic heterocycles. The second-order valence-electron chi connectivity index (χ2n) is 15.2. The van der Waals surface area contributed by atoms with Gasteiger partial charge in [-0.1, -0.05) is 108 Å². The number of benzene rings is 4. The average Bonchev–Trinajstić information content (AvgIpc) is 4.12. The predicted octanol–water partition coefficient (Wildman–Crippen LogP) is 8.16. The summed E-state index contributed by atoms with van der Waals surface area (Å²) in [5.74, 6) is 2.98. The molecule has 4 atom stereocenters. The molecule has 0 aliphatic carbocycles. The Bertz CT molecular complexity index is 2370. The molecule has 6 aromatic rings. The van der Waals surface area contributed by atoms with Crippen molar-refractivity contribution in [2.24, 2.45) is 0 Å². The maximum Gasteiger partial charge on any atom is 0.219 e. The standard InChI is InChI=1S/C47H53N6O8PS2/c1-55-26-27-59-46(53-33-51-41-43(48)49-32-50-44(41)53)31-58-40(42(46)61-62(52-24-10-11-25-52)64-29-28-63-45(54)34-12-6-4-7-13-34)30-60-47(35-14-8-5-9-15-35,36-16-20-38(56-2)21-17-36)37-18-22-39(57-3)23-19-37/h4-9,12-23,32-33,40,42H,10-11,24-31H2,1-3H3,(H2,48,49,50)/t40-,42?,46?,62?/m1/s1. The van der Waals surface area contributed by atoms with Gasteiger partial charge in [-0.25, -0.2) is 15.0 Å². The fourth-order valence-corrected chi connectivity index (χ4v) is 13.4. The largest absolute Gasteiger partial charge is 0.497 e. The molecule has 64 heavy (non-hydrogen) atoms. The summed E-state index contributed by atoms with van der Waals surface area (Å²) in [7, 11) is 3.63. The van der Waals surface area contributed by atoms with E-state index in [0.29, 0.717) is 34.8 Å². The second-order valence-corrected chi connectivity index (χ2v) is 19.9. The van der Waals surface area contributed by atoms with E-state index in [-0.39, 0.29) is 30.8 Å². The quantitative estimate of drug-likeness (QED) is 0.0419. The molecule has 0 radical (unpaired) electrons. The van der Waals surface area contributed by atoms with Crippen LogP contribution in [-0.4, -0.2) is 114 Å². The summed E-state index contributed by atoms with van der Waals surface area (Å²) in [6.07, 6.45) is 3.75. The van der Waals surface area contributed by atoms with Crippen LogP contribution in [0.2, 0.25) is 0 Å². The third kappa shape index (κ3) is 9.81. The molecule has 4 heterocycles. The van der Waals surface area contributed by atoms with Gasteiger partial charge in [0.2, 0.25) is 10.8 Å². The van der Waals surface area contributed by atoms with Gasteiger partial charge in [-0.2, -0.15) is 0 Å². The monoisotopic (exact) mass is 924 g/mol. The van der Waals surface area contributed by atoms with Crippen LogP contribution in [0.3, 0.4) is 0 Å². The number of hydrogen-bond acceptors (Lipinski definition) is 15. The van der Waals surface area contributed by atoms with Gasteiger partial charge in [-0.3, -0.25) is 14.0 Å². The van der Waals surface area contributed by atoms with Crippen molar-refractivity contribution in [2.45, 2.75) is 36.4 Å². The van der Waals surface area contributed by atoms with Crippen LogP contribution < -0.4 is 15.2 Å². The first-order valence-corrected chi connectivity index (χ1v) is 24.9. The van der Waals surface area contributed by atoms with Gasteiger partial charge in [-0.15, -0.1) is 0 Å². The van der Waals surface area contributed by atoms with Gasteiger partial charge in [0, 0.05) is 37.3 Å². The van der Waals surface area contributed by atoms with E-state index in [2.05, 4.69) is 31.8 Å². The van der Waals surface area contributed by atoms with E-state index < -0.39 is 31.0 Å². The van der Waals surface area contributed by atoms with Gasteiger partial charge in [0.15, 0.2) is 19.0 Å². The molecule has 0 amide bonds. The highest BCUT2D eigenvalue weighted by Crippen LogP contribution is 2.59. The van der Waals surface area contributed by atoms with Crippen molar-refractivity contribution in [3.05, 3.63) is 144 Å². The van der Waals surface area contributed by atoms with Crippen LogP contribution in [0.5, 0.6) is 11.5 Å². The highest BCUT2D eigenvalue weighted by atomic mass is 32.7. The van der Waals surface area contributed by atoms with Crippen LogP contribution in [0.1, 0.15) is 39.9 Å². The summed E-state index contributed by atoms with van der Waals surface area (Å²) in [6.45, 7) is 2.44. The van der Waals surface area contributed by atoms with Crippen molar-refractivity contribution in [3.63, 3.8) is 0 Å². The lowest BCUT2D eigenvalue weighted by Gasteiger charge is -2.40. The Hall–Kier alpha value is -4.61. The molecule has 2 aliphatic rings. The topological polar surface area (TPSA) is 155 Å². The first-order valence-electron chi connectivity index (χ1n) is 21.1. The van der Waals surface area contributed by atoms with E-state index in [0.717, 1.165) is 54.1 Å². The number of nitrogen functional groups attached to an aromatic ring is 1. The molecular weight excluding hydrogens is 872 g/mol. The van der Waals surface area contributed by atoms with Crippen molar-refractivity contribution in [1.82, 2.24) is 24.2 Å². The van der Waals surface area contributed by atoms with Crippen LogP contribution >= 0.6 is 30.6 Å². The highest BCUT2D eigenvalue weighted by Gasteiger charge is 2.57. The maximum absolute atomic E-state index is 13.1. The van der Waals surface area contributed by atoms with E-state index in [1.54, 1.807) is 39.0 Å². The first-order chi connectivity index (χ1) is 31.4. The number of ether oxygens (including phenoxy) is 6. The van der Waals surface area contributed by atoms with Gasteiger partial charge >= 0.3 is 0 Å². The fraction of sp³-hybridized carbons (Fsp3) is 0.362. The zero-order valence-electron chi connectivity index (χ0n) is 36.1. The van der Waals surface area contributed by atoms with Crippen LogP contribution in [0, 0.1) is 0 Å². The number of aromatic nitrogens is 4. The predicted molar refractivity (Wildman–Crippen MR) is 252 cm³/mol. The van der Waals surface area contributed by atoms with Crippen molar-refractivity contribution in [3.8, 4) is 11.5 Å². The van der Waals surface area contributed by atoms with Crippen LogP contribution in [-0.2, 0) is 34.8 Å². The first kappa shape index (κ1) is 45.9. The number of carbonyl (C=O) groups is 1.